The van der Waals surface area contributed by atoms with Crippen molar-refractivity contribution >= 4 is 33.2 Å². The highest BCUT2D eigenvalue weighted by atomic mass is 79.9. The first-order valence-electron chi connectivity index (χ1n) is 8.22. The van der Waals surface area contributed by atoms with Gasteiger partial charge < -0.3 is 10.2 Å². The van der Waals surface area contributed by atoms with Gasteiger partial charge in [-0.3, -0.25) is 4.79 Å². The monoisotopic (exact) mass is 426 g/mol. The smallest absolute Gasteiger partial charge is 0.356 e. The second-order valence-electron chi connectivity index (χ2n) is 6.40. The standard InChI is InChI=1S/C19H18BrF3N2O/c1-12(26)24-10-13-9-16-17(20)3-2-4-18(16)25(11-13)15-7-5-14(6-8-15)19(21,22)23/h2-8,13H,9-11H2,1H3,(H,24,26). The Morgan fingerprint density at radius 2 is 1.92 bits per heavy atom. The second-order valence-corrected chi connectivity index (χ2v) is 7.25. The van der Waals surface area contributed by atoms with E-state index in [2.05, 4.69) is 21.2 Å². The van der Waals surface area contributed by atoms with E-state index in [9.17, 15) is 18.0 Å². The molecular formula is C19H18BrF3N2O. The highest BCUT2D eigenvalue weighted by Crippen LogP contribution is 2.39. The van der Waals surface area contributed by atoms with E-state index in [1.165, 1.54) is 19.1 Å². The lowest BCUT2D eigenvalue weighted by Gasteiger charge is -2.37. The van der Waals surface area contributed by atoms with E-state index in [1.807, 2.05) is 23.1 Å². The van der Waals surface area contributed by atoms with Crippen molar-refractivity contribution in [2.75, 3.05) is 18.0 Å². The first-order chi connectivity index (χ1) is 12.3. The lowest BCUT2D eigenvalue weighted by Crippen LogP contribution is -2.38. The summed E-state index contributed by atoms with van der Waals surface area (Å²) >= 11 is 3.56. The number of nitrogens with one attached hydrogen (secondary N) is 1. The molecule has 0 aliphatic carbocycles. The molecule has 0 bridgehead atoms. The van der Waals surface area contributed by atoms with Crippen LogP contribution in [0.25, 0.3) is 0 Å². The summed E-state index contributed by atoms with van der Waals surface area (Å²) in [5.41, 5.74) is 2.10. The van der Waals surface area contributed by atoms with Gasteiger partial charge in [0.25, 0.3) is 0 Å². The normalized spacial score (nSPS) is 17.0. The first kappa shape index (κ1) is 18.8. The summed E-state index contributed by atoms with van der Waals surface area (Å²) in [5, 5.41) is 2.84. The second kappa shape index (κ2) is 7.31. The van der Waals surface area contributed by atoms with Gasteiger partial charge in [0.1, 0.15) is 0 Å². The Morgan fingerprint density at radius 3 is 2.54 bits per heavy atom. The molecule has 1 aliphatic rings. The van der Waals surface area contributed by atoms with Gasteiger partial charge >= 0.3 is 6.18 Å². The van der Waals surface area contributed by atoms with E-state index in [0.29, 0.717) is 18.8 Å². The number of nitrogens with zero attached hydrogens (tertiary/aromatic N) is 1. The van der Waals surface area contributed by atoms with E-state index in [1.54, 1.807) is 0 Å². The zero-order valence-corrected chi connectivity index (χ0v) is 15.7. The predicted molar refractivity (Wildman–Crippen MR) is 98.5 cm³/mol. The van der Waals surface area contributed by atoms with E-state index >= 15 is 0 Å². The van der Waals surface area contributed by atoms with Crippen LogP contribution in [0.4, 0.5) is 24.5 Å². The third-order valence-electron chi connectivity index (χ3n) is 4.46. The number of carbonyl (C=O) groups is 1. The molecule has 0 saturated heterocycles. The van der Waals surface area contributed by atoms with Crippen LogP contribution in [0.5, 0.6) is 0 Å². The Morgan fingerprint density at radius 1 is 1.23 bits per heavy atom. The minimum absolute atomic E-state index is 0.0935. The number of amides is 1. The molecule has 0 saturated carbocycles. The Hall–Kier alpha value is -2.02. The number of rotatable bonds is 3. The fourth-order valence-corrected chi connectivity index (χ4v) is 3.73. The molecule has 0 spiro atoms. The number of anilines is 2. The van der Waals surface area contributed by atoms with Gasteiger partial charge in [0.05, 0.1) is 5.56 Å². The molecule has 2 aromatic rings. The molecule has 3 rings (SSSR count). The molecule has 2 aromatic carbocycles. The van der Waals surface area contributed by atoms with E-state index in [-0.39, 0.29) is 11.8 Å². The zero-order valence-electron chi connectivity index (χ0n) is 14.1. The third kappa shape index (κ3) is 4.03. The average Bonchev–Trinajstić information content (AvgIpc) is 2.59. The van der Waals surface area contributed by atoms with Gasteiger partial charge in [-0.15, -0.1) is 0 Å². The summed E-state index contributed by atoms with van der Waals surface area (Å²) in [6.07, 6.45) is -3.57. The van der Waals surface area contributed by atoms with Crippen molar-refractivity contribution in [1.82, 2.24) is 5.32 Å². The van der Waals surface area contributed by atoms with Crippen molar-refractivity contribution in [3.8, 4) is 0 Å². The number of alkyl halides is 3. The van der Waals surface area contributed by atoms with Crippen LogP contribution in [0.2, 0.25) is 0 Å². The Labute approximate surface area is 158 Å². The van der Waals surface area contributed by atoms with Crippen LogP contribution in [0.15, 0.2) is 46.9 Å². The van der Waals surface area contributed by atoms with Gasteiger partial charge in [0, 0.05) is 35.9 Å². The van der Waals surface area contributed by atoms with Crippen LogP contribution >= 0.6 is 15.9 Å². The van der Waals surface area contributed by atoms with Gasteiger partial charge in [0.2, 0.25) is 5.91 Å². The maximum absolute atomic E-state index is 12.8. The molecule has 1 atom stereocenters. The van der Waals surface area contributed by atoms with Crippen molar-refractivity contribution in [2.45, 2.75) is 19.5 Å². The number of benzene rings is 2. The van der Waals surface area contributed by atoms with Gasteiger partial charge in [-0.1, -0.05) is 22.0 Å². The van der Waals surface area contributed by atoms with E-state index < -0.39 is 11.7 Å². The average molecular weight is 427 g/mol. The summed E-state index contributed by atoms with van der Waals surface area (Å²) in [6, 6.07) is 11.0. The molecule has 1 heterocycles. The molecule has 0 fully saturated rings. The summed E-state index contributed by atoms with van der Waals surface area (Å²) in [6.45, 7) is 2.61. The lowest BCUT2D eigenvalue weighted by molar-refractivity contribution is -0.137. The Balaban J connectivity index is 1.94. The fraction of sp³-hybridized carbons (Fsp3) is 0.316. The topological polar surface area (TPSA) is 32.3 Å². The number of fused-ring (bicyclic) bond motifs is 1. The van der Waals surface area contributed by atoms with Crippen LogP contribution in [-0.2, 0) is 17.4 Å². The highest BCUT2D eigenvalue weighted by Gasteiger charge is 2.31. The minimum atomic E-state index is -4.35. The van der Waals surface area contributed by atoms with Crippen LogP contribution in [0, 0.1) is 5.92 Å². The highest BCUT2D eigenvalue weighted by molar-refractivity contribution is 9.10. The van der Waals surface area contributed by atoms with Crippen molar-refractivity contribution in [3.05, 3.63) is 58.1 Å². The molecule has 3 nitrogen and oxygen atoms in total. The molecule has 0 aromatic heterocycles. The summed E-state index contributed by atoms with van der Waals surface area (Å²) in [4.78, 5) is 13.3. The summed E-state index contributed by atoms with van der Waals surface area (Å²) in [7, 11) is 0. The molecule has 138 valence electrons. The molecule has 7 heteroatoms. The van der Waals surface area contributed by atoms with E-state index in [0.717, 1.165) is 34.3 Å². The largest absolute Gasteiger partial charge is 0.416 e. The zero-order chi connectivity index (χ0) is 18.9. The van der Waals surface area contributed by atoms with Gasteiger partial charge in [-0.05, 0) is 54.3 Å². The molecule has 0 radical (unpaired) electrons. The Kier molecular flexibility index (Phi) is 5.27. The summed E-state index contributed by atoms with van der Waals surface area (Å²) in [5.74, 6) is 0.0661. The molecule has 1 amide bonds. The van der Waals surface area contributed by atoms with Crippen LogP contribution in [0.3, 0.4) is 0 Å². The minimum Gasteiger partial charge on any atom is -0.356 e. The summed E-state index contributed by atoms with van der Waals surface area (Å²) < 4.78 is 39.5. The van der Waals surface area contributed by atoms with Crippen molar-refractivity contribution < 1.29 is 18.0 Å². The van der Waals surface area contributed by atoms with Crippen LogP contribution < -0.4 is 10.2 Å². The molecule has 26 heavy (non-hydrogen) atoms. The Bertz CT molecular complexity index is 805. The van der Waals surface area contributed by atoms with Crippen molar-refractivity contribution in [2.24, 2.45) is 5.92 Å². The van der Waals surface area contributed by atoms with Crippen molar-refractivity contribution in [1.29, 1.82) is 0 Å². The van der Waals surface area contributed by atoms with Crippen LogP contribution in [-0.4, -0.2) is 19.0 Å². The molecule has 1 unspecified atom stereocenters. The van der Waals surface area contributed by atoms with Gasteiger partial charge in [0.15, 0.2) is 0 Å². The first-order valence-corrected chi connectivity index (χ1v) is 9.01. The maximum atomic E-state index is 12.8. The number of carbonyl (C=O) groups excluding carboxylic acids is 1. The van der Waals surface area contributed by atoms with Crippen LogP contribution in [0.1, 0.15) is 18.1 Å². The van der Waals surface area contributed by atoms with Gasteiger partial charge in [-0.25, -0.2) is 0 Å². The number of hydrogen-bond donors (Lipinski definition) is 1. The van der Waals surface area contributed by atoms with Gasteiger partial charge in [-0.2, -0.15) is 13.2 Å². The lowest BCUT2D eigenvalue weighted by atomic mass is 9.91. The third-order valence-corrected chi connectivity index (χ3v) is 5.21. The molecule has 1 N–H and O–H groups in total. The predicted octanol–water partition coefficient (Wildman–Crippen LogP) is 4.91. The maximum Gasteiger partial charge on any atom is 0.416 e. The quantitative estimate of drug-likeness (QED) is 0.755. The van der Waals surface area contributed by atoms with E-state index in [4.69, 9.17) is 0 Å². The number of halogens is 4. The SMILES string of the molecule is CC(=O)NCC1Cc2c(Br)cccc2N(c2ccc(C(F)(F)F)cc2)C1. The fourth-order valence-electron chi connectivity index (χ4n) is 3.21. The molecular weight excluding hydrogens is 409 g/mol. The van der Waals surface area contributed by atoms with Crippen molar-refractivity contribution in [3.63, 3.8) is 0 Å². The number of hydrogen-bond acceptors (Lipinski definition) is 2. The molecule has 1 aliphatic heterocycles.